The molecule has 0 aliphatic carbocycles. The van der Waals surface area contributed by atoms with Crippen molar-refractivity contribution in [2.45, 2.75) is 12.1 Å². The van der Waals surface area contributed by atoms with Crippen molar-refractivity contribution < 1.29 is 4.74 Å². The second kappa shape index (κ2) is 10.6. The van der Waals surface area contributed by atoms with Crippen molar-refractivity contribution in [1.82, 2.24) is 19.8 Å². The van der Waals surface area contributed by atoms with Gasteiger partial charge in [-0.2, -0.15) is 0 Å². The molecule has 2 aliphatic rings. The van der Waals surface area contributed by atoms with E-state index in [0.29, 0.717) is 24.1 Å². The molecule has 41 heavy (non-hydrogen) atoms. The minimum Gasteiger partial charge on any atom is -0.461 e. The van der Waals surface area contributed by atoms with Gasteiger partial charge in [-0.05, 0) is 28.8 Å². The Morgan fingerprint density at radius 2 is 1.49 bits per heavy atom. The molecule has 1 aromatic heterocycles. The van der Waals surface area contributed by atoms with E-state index in [9.17, 15) is 0 Å². The summed E-state index contributed by atoms with van der Waals surface area (Å²) in [7, 11) is 0. The summed E-state index contributed by atoms with van der Waals surface area (Å²) < 4.78 is 9.19. The second-order valence-corrected chi connectivity index (χ2v) is 11.2. The molecular formula is C33H25BrClN5O. The molecule has 0 unspecified atom stereocenters. The molecule has 0 spiro atoms. The Morgan fingerprint density at radius 1 is 0.878 bits per heavy atom. The molecule has 0 atom stereocenters. The molecule has 4 aromatic carbocycles. The van der Waals surface area contributed by atoms with E-state index >= 15 is 0 Å². The van der Waals surface area contributed by atoms with Gasteiger partial charge < -0.3 is 19.5 Å². The lowest BCUT2D eigenvalue weighted by atomic mass is 9.76. The summed E-state index contributed by atoms with van der Waals surface area (Å²) in [5, 5.41) is 5.61. The Labute approximate surface area is 251 Å². The summed E-state index contributed by atoms with van der Waals surface area (Å²) in [6.45, 7) is 0.865. The van der Waals surface area contributed by atoms with Gasteiger partial charge >= 0.3 is 0 Å². The number of nitrogens with one attached hydrogen (secondary N) is 1. The molecule has 0 fully saturated rings. The molecule has 2 aliphatic heterocycles. The van der Waals surface area contributed by atoms with Crippen LogP contribution in [0.25, 0.3) is 5.82 Å². The summed E-state index contributed by atoms with van der Waals surface area (Å²) in [6.07, 6.45) is 5.41. The summed E-state index contributed by atoms with van der Waals surface area (Å²) in [6, 6.07) is 35.6. The van der Waals surface area contributed by atoms with Crippen LogP contribution in [-0.4, -0.2) is 21.1 Å². The van der Waals surface area contributed by atoms with Crippen molar-refractivity contribution in [3.63, 3.8) is 0 Å². The highest BCUT2D eigenvalue weighted by Gasteiger charge is 2.40. The van der Waals surface area contributed by atoms with Gasteiger partial charge in [0.1, 0.15) is 35.2 Å². The standard InChI is InChI=1S/C33H25BrClN5O/c34-26-16-28-31-29(17-26)41-20-30(35)39(32(31)38-21-37-28)19-27-18-36-22-40(27)33(23-10-4-1-5-11-23,24-12-6-2-7-13-24)25-14-8-3-9-15-25/h1-18,20,22,38H,19,21H2. The molecule has 6 nitrogen and oxygen atoms in total. The fourth-order valence-corrected chi connectivity index (χ4v) is 6.45. The summed E-state index contributed by atoms with van der Waals surface area (Å²) in [5.41, 5.74) is 3.64. The monoisotopic (exact) mass is 621 g/mol. The zero-order chi connectivity index (χ0) is 27.8. The third kappa shape index (κ3) is 4.33. The molecule has 1 N–H and O–H groups in total. The van der Waals surface area contributed by atoms with Crippen LogP contribution in [0.1, 0.15) is 22.4 Å². The highest BCUT2D eigenvalue weighted by Crippen LogP contribution is 2.42. The highest BCUT2D eigenvalue weighted by molar-refractivity contribution is 9.10. The van der Waals surface area contributed by atoms with Crippen LogP contribution in [-0.2, 0) is 12.1 Å². The molecule has 0 saturated carbocycles. The van der Waals surface area contributed by atoms with E-state index in [1.807, 2.05) is 47.8 Å². The summed E-state index contributed by atoms with van der Waals surface area (Å²) in [4.78, 5) is 11.4. The van der Waals surface area contributed by atoms with E-state index in [0.717, 1.165) is 43.3 Å². The number of aromatic nitrogens is 2. The van der Waals surface area contributed by atoms with E-state index in [2.05, 4.69) is 104 Å². The molecule has 0 radical (unpaired) electrons. The lowest BCUT2D eigenvalue weighted by Crippen LogP contribution is -2.44. The van der Waals surface area contributed by atoms with Crippen LogP contribution >= 0.6 is 27.5 Å². The van der Waals surface area contributed by atoms with Gasteiger partial charge in [-0.3, -0.25) is 4.99 Å². The lowest BCUT2D eigenvalue weighted by Gasteiger charge is -2.39. The number of ether oxygens (including phenoxy) is 1. The van der Waals surface area contributed by atoms with E-state index < -0.39 is 5.54 Å². The quantitative estimate of drug-likeness (QED) is 0.196. The van der Waals surface area contributed by atoms with E-state index in [-0.39, 0.29) is 0 Å². The fraction of sp³-hybridized carbons (Fsp3) is 0.0909. The Morgan fingerprint density at radius 3 is 2.10 bits per heavy atom. The maximum atomic E-state index is 6.93. The Kier molecular flexibility index (Phi) is 6.61. The van der Waals surface area contributed by atoms with E-state index in [4.69, 9.17) is 21.3 Å². The van der Waals surface area contributed by atoms with Crippen molar-refractivity contribution in [1.29, 1.82) is 0 Å². The van der Waals surface area contributed by atoms with Crippen molar-refractivity contribution in [2.24, 2.45) is 4.99 Å². The van der Waals surface area contributed by atoms with Gasteiger partial charge in [0.05, 0.1) is 35.3 Å². The molecule has 3 heterocycles. The van der Waals surface area contributed by atoms with Crippen molar-refractivity contribution >= 4 is 33.4 Å². The third-order valence-electron chi connectivity index (χ3n) is 7.56. The van der Waals surface area contributed by atoms with Gasteiger partial charge in [0.15, 0.2) is 0 Å². The number of hydrogen-bond donors (Lipinski definition) is 1. The maximum absolute atomic E-state index is 6.93. The van der Waals surface area contributed by atoms with Gasteiger partial charge in [-0.15, -0.1) is 0 Å². The van der Waals surface area contributed by atoms with E-state index in [1.165, 1.54) is 0 Å². The predicted molar refractivity (Wildman–Crippen MR) is 163 cm³/mol. The normalized spacial score (nSPS) is 14.2. The molecular weight excluding hydrogens is 598 g/mol. The molecule has 202 valence electrons. The van der Waals surface area contributed by atoms with E-state index in [1.54, 1.807) is 6.26 Å². The third-order valence-corrected chi connectivity index (χ3v) is 8.31. The second-order valence-electron chi connectivity index (χ2n) is 9.85. The van der Waals surface area contributed by atoms with Crippen molar-refractivity contribution in [3.05, 3.63) is 165 Å². The van der Waals surface area contributed by atoms with Crippen LogP contribution in [0, 0.1) is 0 Å². The number of benzene rings is 4. The molecule has 0 bridgehead atoms. The first-order chi connectivity index (χ1) is 20.2. The van der Waals surface area contributed by atoms with Crippen LogP contribution in [0.15, 0.2) is 137 Å². The maximum Gasteiger partial charge on any atom is 0.146 e. The summed E-state index contributed by atoms with van der Waals surface area (Å²) >= 11 is 10.5. The van der Waals surface area contributed by atoms with Gasteiger partial charge in [0.2, 0.25) is 0 Å². The smallest absolute Gasteiger partial charge is 0.146 e. The predicted octanol–water partition coefficient (Wildman–Crippen LogP) is 5.66. The lowest BCUT2D eigenvalue weighted by molar-refractivity contribution is 0.414. The zero-order valence-corrected chi connectivity index (χ0v) is 24.3. The van der Waals surface area contributed by atoms with Crippen LogP contribution in [0.3, 0.4) is 0 Å². The first-order valence-electron chi connectivity index (χ1n) is 13.3. The number of imidazole rings is 1. The minimum absolute atomic E-state index is 0.431. The highest BCUT2D eigenvalue weighted by atomic mass is 79.9. The average Bonchev–Trinajstić information content (AvgIpc) is 3.43. The van der Waals surface area contributed by atoms with Crippen LogP contribution < -0.4 is 20.6 Å². The first kappa shape index (κ1) is 25.6. The zero-order valence-electron chi connectivity index (χ0n) is 21.9. The number of rotatable bonds is 6. The molecule has 5 aromatic rings. The van der Waals surface area contributed by atoms with Crippen molar-refractivity contribution in [2.75, 3.05) is 6.67 Å². The Bertz CT molecular complexity index is 1780. The average molecular weight is 623 g/mol. The molecule has 7 rings (SSSR count). The SMILES string of the molecule is ClC1=COc2cc(Br)cc3c2=C(NCN=3)N1Cc1cncn1C(c1ccccc1)(c1ccccc1)c1ccccc1. The van der Waals surface area contributed by atoms with Gasteiger partial charge in [0.25, 0.3) is 0 Å². The largest absolute Gasteiger partial charge is 0.461 e. The van der Waals surface area contributed by atoms with Gasteiger partial charge in [0, 0.05) is 4.47 Å². The Hall–Kier alpha value is -4.33. The fourth-order valence-electron chi connectivity index (χ4n) is 5.84. The Balaban J connectivity index is 1.46. The number of nitrogens with zero attached hydrogens (tertiary/aromatic N) is 4. The topological polar surface area (TPSA) is 54.7 Å². The van der Waals surface area contributed by atoms with Crippen LogP contribution in [0.2, 0.25) is 0 Å². The molecule has 0 saturated heterocycles. The van der Waals surface area contributed by atoms with Crippen LogP contribution in [0.5, 0.6) is 5.75 Å². The van der Waals surface area contributed by atoms with Gasteiger partial charge in [-0.1, -0.05) is 119 Å². The molecule has 0 amide bonds. The van der Waals surface area contributed by atoms with Crippen molar-refractivity contribution in [3.8, 4) is 5.75 Å². The minimum atomic E-state index is -0.692. The first-order valence-corrected chi connectivity index (χ1v) is 14.4. The molecule has 8 heteroatoms. The van der Waals surface area contributed by atoms with Gasteiger partial charge in [-0.25, -0.2) is 4.98 Å². The number of halogens is 2. The summed E-state index contributed by atoms with van der Waals surface area (Å²) in [5.74, 6) is 1.52. The number of hydrogen-bond acceptors (Lipinski definition) is 5. The van der Waals surface area contributed by atoms with Crippen LogP contribution in [0.4, 0.5) is 0 Å².